The maximum absolute atomic E-state index is 11.8. The lowest BCUT2D eigenvalue weighted by Crippen LogP contribution is -2.31. The van der Waals surface area contributed by atoms with Crippen LogP contribution in [0.15, 0.2) is 42.5 Å². The van der Waals surface area contributed by atoms with E-state index in [1.165, 1.54) is 57.8 Å². The second kappa shape index (κ2) is 21.4. The largest absolute Gasteiger partial charge is 0.462 e. The second-order valence-corrected chi connectivity index (χ2v) is 12.9. The normalized spacial score (nSPS) is 17.9. The first-order valence-electron chi connectivity index (χ1n) is 16.3. The Labute approximate surface area is 262 Å². The van der Waals surface area contributed by atoms with Crippen molar-refractivity contribution in [2.45, 2.75) is 111 Å². The number of rotatable bonds is 19. The zero-order chi connectivity index (χ0) is 32.3. The molecule has 1 aromatic carbocycles. The van der Waals surface area contributed by atoms with Crippen molar-refractivity contribution < 1.29 is 29.3 Å². The van der Waals surface area contributed by atoms with Gasteiger partial charge in [-0.3, -0.25) is 4.79 Å². The van der Waals surface area contributed by atoms with E-state index in [1.807, 2.05) is 0 Å². The van der Waals surface area contributed by atoms with Crippen LogP contribution in [-0.4, -0.2) is 56.0 Å². The number of methoxy groups -OCH3 is 1. The number of hydrogen-bond acceptors (Lipinski definition) is 6. The number of aryl methyl sites for hydroxylation is 2. The lowest BCUT2D eigenvalue weighted by molar-refractivity contribution is -0.143. The van der Waals surface area contributed by atoms with Crippen LogP contribution in [0, 0.1) is 17.3 Å². The summed E-state index contributed by atoms with van der Waals surface area (Å²) >= 11 is 0. The Balaban J connectivity index is 0.000000790. The molecule has 0 spiro atoms. The summed E-state index contributed by atoms with van der Waals surface area (Å²) in [6, 6.07) is 7.34. The van der Waals surface area contributed by atoms with Gasteiger partial charge in [0.25, 0.3) is 0 Å². The molecule has 2 rings (SSSR count). The summed E-state index contributed by atoms with van der Waals surface area (Å²) < 4.78 is 10.9. The van der Waals surface area contributed by atoms with Gasteiger partial charge in [0.05, 0.1) is 13.2 Å². The molecular formula is C37H60O6. The van der Waals surface area contributed by atoms with Crippen molar-refractivity contribution in [3.63, 3.8) is 0 Å². The number of carbonyl (C=O) groups is 2. The number of hydrogen-bond donors (Lipinski definition) is 2. The van der Waals surface area contributed by atoms with Crippen molar-refractivity contribution in [2.24, 2.45) is 17.3 Å². The molecule has 0 bridgehead atoms. The molecule has 0 aliphatic heterocycles. The molecule has 1 aliphatic rings. The van der Waals surface area contributed by atoms with Crippen LogP contribution in [0.1, 0.15) is 115 Å². The van der Waals surface area contributed by atoms with Crippen molar-refractivity contribution in [2.75, 3.05) is 33.5 Å². The van der Waals surface area contributed by atoms with Crippen molar-refractivity contribution in [3.05, 3.63) is 59.2 Å². The third-order valence-electron chi connectivity index (χ3n) is 8.76. The van der Waals surface area contributed by atoms with Gasteiger partial charge in [0, 0.05) is 37.2 Å². The number of aldehydes is 1. The van der Waals surface area contributed by atoms with Gasteiger partial charge in [0.1, 0.15) is 6.29 Å². The average molecular weight is 601 g/mol. The Morgan fingerprint density at radius 1 is 1.07 bits per heavy atom. The number of aliphatic hydroxyl groups is 2. The zero-order valence-corrected chi connectivity index (χ0v) is 27.8. The molecule has 244 valence electrons. The second-order valence-electron chi connectivity index (χ2n) is 12.9. The molecule has 1 unspecified atom stereocenters. The van der Waals surface area contributed by atoms with Crippen molar-refractivity contribution >= 4 is 12.3 Å². The Hall–Kier alpha value is -2.28. The quantitative estimate of drug-likeness (QED) is 0.0738. The van der Waals surface area contributed by atoms with Crippen LogP contribution in [0.4, 0.5) is 0 Å². The van der Waals surface area contributed by atoms with E-state index in [2.05, 4.69) is 52.1 Å². The fourth-order valence-electron chi connectivity index (χ4n) is 5.88. The molecule has 1 saturated carbocycles. The maximum atomic E-state index is 11.8. The summed E-state index contributed by atoms with van der Waals surface area (Å²) in [6.07, 6.45) is 14.6. The Bertz CT molecular complexity index is 973. The summed E-state index contributed by atoms with van der Waals surface area (Å²) in [4.78, 5) is 21.8. The Morgan fingerprint density at radius 3 is 2.28 bits per heavy atom. The number of esters is 1. The van der Waals surface area contributed by atoms with Gasteiger partial charge in [-0.1, -0.05) is 65.0 Å². The first-order valence-corrected chi connectivity index (χ1v) is 16.3. The number of unbranched alkanes of at least 4 members (excludes halogenated alkanes) is 2. The van der Waals surface area contributed by atoms with Crippen molar-refractivity contribution in [3.8, 4) is 0 Å². The highest BCUT2D eigenvalue weighted by Crippen LogP contribution is 2.40. The van der Waals surface area contributed by atoms with Gasteiger partial charge >= 0.3 is 5.97 Å². The fraction of sp³-hybridized carbons (Fsp3) is 0.676. The molecule has 2 N–H and O–H groups in total. The summed E-state index contributed by atoms with van der Waals surface area (Å²) in [5.41, 5.74) is 5.40. The molecule has 0 aromatic heterocycles. The third-order valence-corrected chi connectivity index (χ3v) is 8.76. The monoisotopic (exact) mass is 600 g/mol. The van der Waals surface area contributed by atoms with Crippen LogP contribution >= 0.6 is 0 Å². The standard InChI is InChI=1S/C30H48O3.C7H12O3/c1-7-9-10-11-26-16-17-28(20-25(26)8-2)27-14-12-24(13-15-27)18-19-30(5,21-32-6)22-33-29(31)23(3)4;1-6(3-8)2-7(4-9)5-10/h16-17,20,24,27H,3,7-15,18-19,21-22H2,1-2,4-6H3;3,7,9-10H,1-2,4-5H2. The molecule has 0 saturated heterocycles. The SMILES string of the molecule is C=C(C)C(=O)OCC(C)(CCC1CCC(c2ccc(CCCCC)c(CC)c2)CC1)COC.C=C(C=O)CC(CO)CO. The van der Waals surface area contributed by atoms with Crippen molar-refractivity contribution in [1.29, 1.82) is 0 Å². The molecule has 0 heterocycles. The topological polar surface area (TPSA) is 93.1 Å². The van der Waals surface area contributed by atoms with Crippen LogP contribution in [0.3, 0.4) is 0 Å². The molecule has 0 amide bonds. The fourth-order valence-corrected chi connectivity index (χ4v) is 5.88. The van der Waals surface area contributed by atoms with Crippen molar-refractivity contribution in [1.82, 2.24) is 0 Å². The highest BCUT2D eigenvalue weighted by Gasteiger charge is 2.30. The molecule has 0 radical (unpaired) electrons. The van der Waals surface area contributed by atoms with Gasteiger partial charge < -0.3 is 19.7 Å². The average Bonchev–Trinajstić information content (AvgIpc) is 3.02. The number of benzene rings is 1. The first-order chi connectivity index (χ1) is 20.6. The smallest absolute Gasteiger partial charge is 0.333 e. The predicted octanol–water partition coefficient (Wildman–Crippen LogP) is 7.54. The van der Waals surface area contributed by atoms with E-state index in [4.69, 9.17) is 19.7 Å². The molecule has 6 nitrogen and oxygen atoms in total. The van der Waals surface area contributed by atoms with E-state index in [1.54, 1.807) is 30.7 Å². The number of allylic oxidation sites excluding steroid dienone is 1. The summed E-state index contributed by atoms with van der Waals surface area (Å²) in [6.45, 7) is 16.3. The summed E-state index contributed by atoms with van der Waals surface area (Å²) in [5.74, 6) is 0.921. The lowest BCUT2D eigenvalue weighted by Gasteiger charge is -2.33. The van der Waals surface area contributed by atoms with E-state index in [9.17, 15) is 9.59 Å². The highest BCUT2D eigenvalue weighted by molar-refractivity contribution is 5.86. The summed E-state index contributed by atoms with van der Waals surface area (Å²) in [5, 5.41) is 17.1. The first kappa shape index (κ1) is 38.7. The predicted molar refractivity (Wildman–Crippen MR) is 176 cm³/mol. The molecule has 1 fully saturated rings. The van der Waals surface area contributed by atoms with Crippen LogP contribution in [0.5, 0.6) is 0 Å². The molecule has 1 aromatic rings. The van der Waals surface area contributed by atoms with Gasteiger partial charge in [-0.15, -0.1) is 0 Å². The van der Waals surface area contributed by atoms with Gasteiger partial charge in [0.15, 0.2) is 0 Å². The van der Waals surface area contributed by atoms with Gasteiger partial charge in [-0.25, -0.2) is 4.79 Å². The number of carbonyl (C=O) groups excluding carboxylic acids is 2. The van der Waals surface area contributed by atoms with E-state index < -0.39 is 0 Å². The van der Waals surface area contributed by atoms with E-state index in [0.29, 0.717) is 43.0 Å². The number of aliphatic hydroxyl groups excluding tert-OH is 2. The Kier molecular flexibility index (Phi) is 19.3. The van der Waals surface area contributed by atoms with Gasteiger partial charge in [-0.05, 0) is 105 Å². The minimum Gasteiger partial charge on any atom is -0.462 e. The zero-order valence-electron chi connectivity index (χ0n) is 27.8. The molecule has 43 heavy (non-hydrogen) atoms. The van der Waals surface area contributed by atoms with Crippen LogP contribution in [-0.2, 0) is 31.9 Å². The van der Waals surface area contributed by atoms with Crippen LogP contribution < -0.4 is 0 Å². The summed E-state index contributed by atoms with van der Waals surface area (Å²) in [7, 11) is 1.73. The molecular weight excluding hydrogens is 540 g/mol. The van der Waals surface area contributed by atoms with Crippen LogP contribution in [0.25, 0.3) is 0 Å². The van der Waals surface area contributed by atoms with Gasteiger partial charge in [0.2, 0.25) is 0 Å². The third kappa shape index (κ3) is 14.8. The van der Waals surface area contributed by atoms with E-state index in [-0.39, 0.29) is 30.5 Å². The molecule has 1 atom stereocenters. The minimum atomic E-state index is -0.305. The van der Waals surface area contributed by atoms with E-state index in [0.717, 1.165) is 18.8 Å². The molecule has 6 heteroatoms. The van der Waals surface area contributed by atoms with Crippen LogP contribution in [0.2, 0.25) is 0 Å². The molecule has 1 aliphatic carbocycles. The number of ether oxygens (including phenoxy) is 2. The lowest BCUT2D eigenvalue weighted by atomic mass is 9.74. The minimum absolute atomic E-state index is 0.108. The highest BCUT2D eigenvalue weighted by atomic mass is 16.5. The maximum Gasteiger partial charge on any atom is 0.333 e. The van der Waals surface area contributed by atoms with E-state index >= 15 is 0 Å². The van der Waals surface area contributed by atoms with Gasteiger partial charge in [-0.2, -0.15) is 0 Å². The Morgan fingerprint density at radius 2 is 1.74 bits per heavy atom.